The number of benzene rings is 1. The summed E-state index contributed by atoms with van der Waals surface area (Å²) in [5.41, 5.74) is 2.25. The Morgan fingerprint density at radius 3 is 2.95 bits per heavy atom. The molecular formula is C15H15ClN2O. The maximum absolute atomic E-state index is 12.1. The van der Waals surface area contributed by atoms with Crippen molar-refractivity contribution in [3.05, 3.63) is 40.5 Å². The lowest BCUT2D eigenvalue weighted by Gasteiger charge is -2.08. The van der Waals surface area contributed by atoms with Gasteiger partial charge in [-0.3, -0.25) is 9.78 Å². The van der Waals surface area contributed by atoms with Crippen LogP contribution in [0.25, 0.3) is 10.9 Å². The Hall–Kier alpha value is -1.61. The summed E-state index contributed by atoms with van der Waals surface area (Å²) in [5, 5.41) is 4.52. The zero-order chi connectivity index (χ0) is 13.4. The monoisotopic (exact) mass is 274 g/mol. The molecule has 3 rings (SSSR count). The fraction of sp³-hybridized carbons (Fsp3) is 0.333. The van der Waals surface area contributed by atoms with Crippen LogP contribution in [0.1, 0.15) is 28.9 Å². The third-order valence-corrected chi connectivity index (χ3v) is 3.70. The molecule has 0 saturated heterocycles. The van der Waals surface area contributed by atoms with Gasteiger partial charge in [0, 0.05) is 17.0 Å². The van der Waals surface area contributed by atoms with Crippen LogP contribution < -0.4 is 5.32 Å². The summed E-state index contributed by atoms with van der Waals surface area (Å²) in [7, 11) is 0. The van der Waals surface area contributed by atoms with Crippen molar-refractivity contribution in [2.24, 2.45) is 5.92 Å². The number of hydrogen-bond donors (Lipinski definition) is 1. The Bertz CT molecular complexity index is 650. The molecule has 1 aliphatic carbocycles. The van der Waals surface area contributed by atoms with Crippen LogP contribution in [0.15, 0.2) is 24.3 Å². The summed E-state index contributed by atoms with van der Waals surface area (Å²) in [6.07, 6.45) is 2.45. The molecule has 0 bridgehead atoms. The van der Waals surface area contributed by atoms with E-state index in [0.717, 1.165) is 23.1 Å². The number of nitrogens with zero attached hydrogens (tertiary/aromatic N) is 1. The van der Waals surface area contributed by atoms with Crippen molar-refractivity contribution in [2.75, 3.05) is 6.54 Å². The molecular weight excluding hydrogens is 260 g/mol. The first kappa shape index (κ1) is 12.4. The number of aromatic nitrogens is 1. The largest absolute Gasteiger partial charge is 0.352 e. The number of carbonyl (C=O) groups excluding carboxylic acids is 1. The van der Waals surface area contributed by atoms with Gasteiger partial charge in [0.15, 0.2) is 0 Å². The highest BCUT2D eigenvalue weighted by molar-refractivity contribution is 6.31. The minimum atomic E-state index is -0.0428. The van der Waals surface area contributed by atoms with Crippen LogP contribution in [0, 0.1) is 12.8 Å². The number of pyridine rings is 1. The van der Waals surface area contributed by atoms with E-state index in [1.165, 1.54) is 12.8 Å². The van der Waals surface area contributed by atoms with Crippen molar-refractivity contribution in [1.82, 2.24) is 10.3 Å². The topological polar surface area (TPSA) is 42.0 Å². The standard InChI is InChI=1S/C15H15ClN2O/c1-9-13(15(19)17-8-10-2-3-10)7-11-6-12(16)4-5-14(11)18-9/h4-7,10H,2-3,8H2,1H3,(H,17,19). The molecule has 0 atom stereocenters. The van der Waals surface area contributed by atoms with Crippen molar-refractivity contribution in [2.45, 2.75) is 19.8 Å². The number of carbonyl (C=O) groups is 1. The van der Waals surface area contributed by atoms with E-state index in [4.69, 9.17) is 11.6 Å². The van der Waals surface area contributed by atoms with Gasteiger partial charge in [0.25, 0.3) is 5.91 Å². The lowest BCUT2D eigenvalue weighted by molar-refractivity contribution is 0.0951. The molecule has 3 nitrogen and oxygen atoms in total. The van der Waals surface area contributed by atoms with Gasteiger partial charge in [0.2, 0.25) is 0 Å². The van der Waals surface area contributed by atoms with Gasteiger partial charge in [-0.1, -0.05) is 11.6 Å². The van der Waals surface area contributed by atoms with Gasteiger partial charge in [0.05, 0.1) is 16.8 Å². The van der Waals surface area contributed by atoms with Crippen LogP contribution >= 0.6 is 11.6 Å². The van der Waals surface area contributed by atoms with Crippen molar-refractivity contribution in [1.29, 1.82) is 0 Å². The molecule has 1 saturated carbocycles. The molecule has 2 aromatic rings. The number of aryl methyl sites for hydroxylation is 1. The van der Waals surface area contributed by atoms with Crippen LogP contribution in [0.2, 0.25) is 5.02 Å². The van der Waals surface area contributed by atoms with E-state index >= 15 is 0 Å². The summed E-state index contributed by atoms with van der Waals surface area (Å²) in [5.74, 6) is 0.630. The molecule has 4 heteroatoms. The number of nitrogens with one attached hydrogen (secondary N) is 1. The Kier molecular flexibility index (Phi) is 3.15. The Balaban J connectivity index is 1.92. The molecule has 0 radical (unpaired) electrons. The Morgan fingerprint density at radius 2 is 2.21 bits per heavy atom. The highest BCUT2D eigenvalue weighted by atomic mass is 35.5. The van der Waals surface area contributed by atoms with Crippen molar-refractivity contribution < 1.29 is 4.79 Å². The number of halogens is 1. The molecule has 1 heterocycles. The number of amides is 1. The second-order valence-electron chi connectivity index (χ2n) is 5.11. The maximum atomic E-state index is 12.1. The summed E-state index contributed by atoms with van der Waals surface area (Å²) in [6, 6.07) is 7.38. The number of rotatable bonds is 3. The van der Waals surface area contributed by atoms with E-state index in [1.807, 2.05) is 31.2 Å². The van der Waals surface area contributed by atoms with Crippen LogP contribution in [-0.2, 0) is 0 Å². The van der Waals surface area contributed by atoms with E-state index in [9.17, 15) is 4.79 Å². The molecule has 1 amide bonds. The SMILES string of the molecule is Cc1nc2ccc(Cl)cc2cc1C(=O)NCC1CC1. The molecule has 1 N–H and O–H groups in total. The normalized spacial score (nSPS) is 14.6. The third-order valence-electron chi connectivity index (χ3n) is 3.46. The second kappa shape index (κ2) is 4.82. The first-order chi connectivity index (χ1) is 9.13. The first-order valence-electron chi connectivity index (χ1n) is 6.48. The van der Waals surface area contributed by atoms with Crippen molar-refractivity contribution >= 4 is 28.4 Å². The zero-order valence-corrected chi connectivity index (χ0v) is 11.5. The summed E-state index contributed by atoms with van der Waals surface area (Å²) in [6.45, 7) is 2.63. The van der Waals surface area contributed by atoms with Gasteiger partial charge >= 0.3 is 0 Å². The molecule has 1 aromatic carbocycles. The summed E-state index contributed by atoms with van der Waals surface area (Å²) < 4.78 is 0. The molecule has 19 heavy (non-hydrogen) atoms. The minimum absolute atomic E-state index is 0.0428. The maximum Gasteiger partial charge on any atom is 0.253 e. The Labute approximate surface area is 117 Å². The van der Waals surface area contributed by atoms with Crippen LogP contribution in [0.3, 0.4) is 0 Å². The molecule has 0 unspecified atom stereocenters. The van der Waals surface area contributed by atoms with E-state index < -0.39 is 0 Å². The summed E-state index contributed by atoms with van der Waals surface area (Å²) in [4.78, 5) is 16.6. The molecule has 1 aromatic heterocycles. The van der Waals surface area contributed by atoms with Crippen molar-refractivity contribution in [3.63, 3.8) is 0 Å². The van der Waals surface area contributed by atoms with E-state index in [-0.39, 0.29) is 5.91 Å². The first-order valence-corrected chi connectivity index (χ1v) is 6.86. The average molecular weight is 275 g/mol. The smallest absolute Gasteiger partial charge is 0.253 e. The molecule has 1 aliphatic rings. The zero-order valence-electron chi connectivity index (χ0n) is 10.7. The number of hydrogen-bond acceptors (Lipinski definition) is 2. The van der Waals surface area contributed by atoms with Gasteiger partial charge in [-0.15, -0.1) is 0 Å². The molecule has 0 spiro atoms. The van der Waals surface area contributed by atoms with Crippen molar-refractivity contribution in [3.8, 4) is 0 Å². The highest BCUT2D eigenvalue weighted by Crippen LogP contribution is 2.27. The third kappa shape index (κ3) is 2.71. The highest BCUT2D eigenvalue weighted by Gasteiger charge is 2.22. The predicted molar refractivity (Wildman–Crippen MR) is 76.5 cm³/mol. The number of fused-ring (bicyclic) bond motifs is 1. The van der Waals surface area contributed by atoms with E-state index in [1.54, 1.807) is 0 Å². The van der Waals surface area contributed by atoms with Gasteiger partial charge in [-0.25, -0.2) is 0 Å². The van der Waals surface area contributed by atoms with Gasteiger partial charge in [0.1, 0.15) is 0 Å². The summed E-state index contributed by atoms with van der Waals surface area (Å²) >= 11 is 5.97. The molecule has 0 aliphatic heterocycles. The van der Waals surface area contributed by atoms with E-state index in [0.29, 0.717) is 16.5 Å². The van der Waals surface area contributed by atoms with Gasteiger partial charge < -0.3 is 5.32 Å². The van der Waals surface area contributed by atoms with Gasteiger partial charge in [-0.2, -0.15) is 0 Å². The average Bonchev–Trinajstić information content (AvgIpc) is 3.19. The fourth-order valence-corrected chi connectivity index (χ4v) is 2.31. The lowest BCUT2D eigenvalue weighted by Crippen LogP contribution is -2.26. The van der Waals surface area contributed by atoms with E-state index in [2.05, 4.69) is 10.3 Å². The van der Waals surface area contributed by atoms with Gasteiger partial charge in [-0.05, 0) is 49.9 Å². The van der Waals surface area contributed by atoms with Crippen LogP contribution in [0.4, 0.5) is 0 Å². The second-order valence-corrected chi connectivity index (χ2v) is 5.55. The minimum Gasteiger partial charge on any atom is -0.352 e. The quantitative estimate of drug-likeness (QED) is 0.933. The Morgan fingerprint density at radius 1 is 1.42 bits per heavy atom. The predicted octanol–water partition coefficient (Wildman–Crippen LogP) is 3.34. The fourth-order valence-electron chi connectivity index (χ4n) is 2.13. The lowest BCUT2D eigenvalue weighted by atomic mass is 10.1. The van der Waals surface area contributed by atoms with Crippen LogP contribution in [-0.4, -0.2) is 17.4 Å². The molecule has 1 fully saturated rings. The molecule has 98 valence electrons. The van der Waals surface area contributed by atoms with Crippen LogP contribution in [0.5, 0.6) is 0 Å².